The second kappa shape index (κ2) is 10.8. The van der Waals surface area contributed by atoms with Crippen molar-refractivity contribution in [2.45, 2.75) is 76.7 Å². The molecule has 202 valence electrons. The first-order valence-corrected chi connectivity index (χ1v) is 14.7. The van der Waals surface area contributed by atoms with E-state index in [1.165, 1.54) is 12.8 Å². The molecule has 0 spiro atoms. The van der Waals surface area contributed by atoms with Crippen LogP contribution in [-0.4, -0.2) is 71.7 Å². The number of amides is 3. The highest BCUT2D eigenvalue weighted by atomic mass is 35.5. The van der Waals surface area contributed by atoms with Crippen molar-refractivity contribution in [1.82, 2.24) is 14.7 Å². The van der Waals surface area contributed by atoms with E-state index in [1.807, 2.05) is 40.8 Å². The van der Waals surface area contributed by atoms with E-state index in [4.69, 9.17) is 23.2 Å². The van der Waals surface area contributed by atoms with Crippen LogP contribution in [0.5, 0.6) is 0 Å². The number of benzene rings is 1. The Kier molecular flexibility index (Phi) is 7.80. The lowest BCUT2D eigenvalue weighted by Gasteiger charge is -2.34. The quantitative estimate of drug-likeness (QED) is 0.481. The smallest absolute Gasteiger partial charge is 0.228 e. The minimum absolute atomic E-state index is 0.0206. The van der Waals surface area contributed by atoms with Crippen LogP contribution in [-0.2, 0) is 14.4 Å². The number of carbonyl (C=O) groups excluding carboxylic acids is 3. The summed E-state index contributed by atoms with van der Waals surface area (Å²) in [4.78, 5) is 45.5. The van der Waals surface area contributed by atoms with Gasteiger partial charge in [-0.15, -0.1) is 0 Å². The zero-order chi connectivity index (χ0) is 26.3. The molecule has 2 atom stereocenters. The van der Waals surface area contributed by atoms with Crippen molar-refractivity contribution >= 4 is 40.9 Å². The lowest BCUT2D eigenvalue weighted by atomic mass is 9.92. The molecule has 3 amide bonds. The average molecular weight is 549 g/mol. The third kappa shape index (κ3) is 5.66. The molecule has 37 heavy (non-hydrogen) atoms. The number of hydrogen-bond acceptors (Lipinski definition) is 3. The van der Waals surface area contributed by atoms with Gasteiger partial charge in [0.25, 0.3) is 0 Å². The number of hydrogen-bond donors (Lipinski definition) is 0. The predicted octanol–water partition coefficient (Wildman–Crippen LogP) is 5.37. The molecule has 2 saturated heterocycles. The van der Waals surface area contributed by atoms with Gasteiger partial charge < -0.3 is 14.7 Å². The normalized spacial score (nSPS) is 25.9. The lowest BCUT2D eigenvalue weighted by molar-refractivity contribution is -0.142. The van der Waals surface area contributed by atoms with Gasteiger partial charge in [-0.25, -0.2) is 0 Å². The van der Waals surface area contributed by atoms with Gasteiger partial charge in [0.05, 0.1) is 16.1 Å². The minimum atomic E-state index is -0.165. The standard InChI is InChI=1S/C29H39Cl2N3O3/c1-29(11-12-29)28(37)33-13-9-20(10-14-33)27(36)34-17-22(21-7-8-23(30)24(31)16-21)25(18-34)32(2)26(35)15-19-5-3-4-6-19/h7-8,16,19-20,22,25H,3-6,9-15,17-18H2,1-2H3/t22-,25+/m0/s1. The van der Waals surface area contributed by atoms with Gasteiger partial charge in [-0.05, 0) is 62.1 Å². The Morgan fingerprint density at radius 1 is 0.973 bits per heavy atom. The van der Waals surface area contributed by atoms with Gasteiger partial charge in [0.1, 0.15) is 0 Å². The molecule has 0 bridgehead atoms. The van der Waals surface area contributed by atoms with Gasteiger partial charge in [-0.2, -0.15) is 0 Å². The first kappa shape index (κ1) is 26.8. The second-order valence-corrected chi connectivity index (χ2v) is 12.9. The van der Waals surface area contributed by atoms with Crippen LogP contribution < -0.4 is 0 Å². The molecule has 0 aromatic heterocycles. The van der Waals surface area contributed by atoms with Crippen molar-refractivity contribution in [2.24, 2.45) is 17.3 Å². The van der Waals surface area contributed by atoms with E-state index in [0.717, 1.165) is 31.2 Å². The van der Waals surface area contributed by atoms with Crippen LogP contribution in [0.2, 0.25) is 10.0 Å². The molecule has 1 aromatic rings. The fraction of sp³-hybridized carbons (Fsp3) is 0.690. The maximum absolute atomic E-state index is 13.7. The Balaban J connectivity index is 1.28. The zero-order valence-electron chi connectivity index (χ0n) is 22.1. The molecule has 2 aliphatic heterocycles. The van der Waals surface area contributed by atoms with Crippen LogP contribution in [0.1, 0.15) is 76.2 Å². The van der Waals surface area contributed by atoms with E-state index in [2.05, 4.69) is 0 Å². The van der Waals surface area contributed by atoms with Crippen molar-refractivity contribution in [1.29, 1.82) is 0 Å². The van der Waals surface area contributed by atoms with Crippen LogP contribution >= 0.6 is 23.2 Å². The van der Waals surface area contributed by atoms with Gasteiger partial charge in [0.2, 0.25) is 17.7 Å². The van der Waals surface area contributed by atoms with E-state index < -0.39 is 0 Å². The highest BCUT2D eigenvalue weighted by Crippen LogP contribution is 2.47. The summed E-state index contributed by atoms with van der Waals surface area (Å²) >= 11 is 12.6. The van der Waals surface area contributed by atoms with Crippen molar-refractivity contribution in [3.8, 4) is 0 Å². The second-order valence-electron chi connectivity index (χ2n) is 12.1. The Hall–Kier alpha value is -1.79. The Labute approximate surface area is 230 Å². The summed E-state index contributed by atoms with van der Waals surface area (Å²) in [6.07, 6.45) is 8.63. The van der Waals surface area contributed by atoms with Gasteiger partial charge in [-0.3, -0.25) is 14.4 Å². The molecular formula is C29H39Cl2N3O3. The number of likely N-dealkylation sites (N-methyl/N-ethyl adjacent to an activating group) is 1. The van der Waals surface area contributed by atoms with Gasteiger partial charge >= 0.3 is 0 Å². The molecule has 1 aromatic carbocycles. The molecule has 0 radical (unpaired) electrons. The number of rotatable bonds is 6. The predicted molar refractivity (Wildman–Crippen MR) is 146 cm³/mol. The highest BCUT2D eigenvalue weighted by molar-refractivity contribution is 6.42. The fourth-order valence-electron chi connectivity index (χ4n) is 6.59. The van der Waals surface area contributed by atoms with E-state index >= 15 is 0 Å². The molecule has 2 heterocycles. The summed E-state index contributed by atoms with van der Waals surface area (Å²) in [6, 6.07) is 5.55. The average Bonchev–Trinajstić information content (AvgIpc) is 3.26. The summed E-state index contributed by atoms with van der Waals surface area (Å²) in [5.74, 6) is 0.937. The molecule has 2 aliphatic carbocycles. The molecule has 2 saturated carbocycles. The van der Waals surface area contributed by atoms with Crippen LogP contribution in [0.3, 0.4) is 0 Å². The fourth-order valence-corrected chi connectivity index (χ4v) is 6.90. The van der Waals surface area contributed by atoms with E-state index in [1.54, 1.807) is 6.07 Å². The summed E-state index contributed by atoms with van der Waals surface area (Å²) in [5.41, 5.74) is 0.843. The first-order valence-electron chi connectivity index (χ1n) is 13.9. The maximum Gasteiger partial charge on any atom is 0.228 e. The lowest BCUT2D eigenvalue weighted by Crippen LogP contribution is -2.46. The van der Waals surface area contributed by atoms with E-state index in [9.17, 15) is 14.4 Å². The number of carbonyl (C=O) groups is 3. The summed E-state index contributed by atoms with van der Waals surface area (Å²) < 4.78 is 0. The zero-order valence-corrected chi connectivity index (χ0v) is 23.6. The van der Waals surface area contributed by atoms with Gasteiger partial charge in [0.15, 0.2) is 0 Å². The molecule has 0 unspecified atom stereocenters. The van der Waals surface area contributed by atoms with E-state index in [0.29, 0.717) is 61.4 Å². The largest absolute Gasteiger partial charge is 0.342 e. The molecule has 5 rings (SSSR count). The van der Waals surface area contributed by atoms with E-state index in [-0.39, 0.29) is 41.0 Å². The Bertz CT molecular complexity index is 1040. The summed E-state index contributed by atoms with van der Waals surface area (Å²) in [6.45, 7) is 4.42. The molecule has 6 nitrogen and oxygen atoms in total. The molecule has 4 aliphatic rings. The van der Waals surface area contributed by atoms with Crippen molar-refractivity contribution in [3.05, 3.63) is 33.8 Å². The minimum Gasteiger partial charge on any atom is -0.342 e. The van der Waals surface area contributed by atoms with Gasteiger partial charge in [0, 0.05) is 56.9 Å². The molecular weight excluding hydrogens is 509 g/mol. The van der Waals surface area contributed by atoms with Crippen molar-refractivity contribution < 1.29 is 14.4 Å². The van der Waals surface area contributed by atoms with Gasteiger partial charge in [-0.1, -0.05) is 49.0 Å². The first-order chi connectivity index (χ1) is 17.7. The summed E-state index contributed by atoms with van der Waals surface area (Å²) in [7, 11) is 1.89. The number of likely N-dealkylation sites (tertiary alicyclic amines) is 2. The number of halogens is 2. The monoisotopic (exact) mass is 547 g/mol. The SMILES string of the molecule is CN(C(=O)CC1CCCC1)[C@@H]1CN(C(=O)C2CCN(C(=O)C3(C)CC3)CC2)C[C@H]1c1ccc(Cl)c(Cl)c1. The molecule has 0 N–H and O–H groups in total. The molecule has 4 fully saturated rings. The third-order valence-electron chi connectivity index (χ3n) is 9.45. The number of piperidine rings is 1. The topological polar surface area (TPSA) is 60.9 Å². The van der Waals surface area contributed by atoms with Crippen molar-refractivity contribution in [2.75, 3.05) is 33.2 Å². The van der Waals surface area contributed by atoms with Crippen LogP contribution in [0.25, 0.3) is 0 Å². The molecule has 8 heteroatoms. The highest BCUT2D eigenvalue weighted by Gasteiger charge is 2.48. The Morgan fingerprint density at radius 3 is 2.27 bits per heavy atom. The third-order valence-corrected chi connectivity index (χ3v) is 10.2. The number of nitrogens with zero attached hydrogens (tertiary/aromatic N) is 3. The van der Waals surface area contributed by atoms with Crippen molar-refractivity contribution in [3.63, 3.8) is 0 Å². The maximum atomic E-state index is 13.7. The van der Waals surface area contributed by atoms with Crippen LogP contribution in [0.15, 0.2) is 18.2 Å². The Morgan fingerprint density at radius 2 is 1.65 bits per heavy atom. The summed E-state index contributed by atoms with van der Waals surface area (Å²) in [5, 5.41) is 0.990. The van der Waals surface area contributed by atoms with Crippen LogP contribution in [0, 0.1) is 17.3 Å². The van der Waals surface area contributed by atoms with Crippen LogP contribution in [0.4, 0.5) is 0 Å².